The second kappa shape index (κ2) is 4.25. The van der Waals surface area contributed by atoms with Crippen molar-refractivity contribution in [3.8, 4) is 0 Å². The second-order valence-corrected chi connectivity index (χ2v) is 4.28. The van der Waals surface area contributed by atoms with E-state index in [4.69, 9.17) is 22.4 Å². The molecule has 5 nitrogen and oxygen atoms in total. The maximum Gasteiger partial charge on any atom is 0.355 e. The molecule has 1 aromatic heterocycles. The summed E-state index contributed by atoms with van der Waals surface area (Å²) in [5, 5.41) is 9.25. The maximum absolute atomic E-state index is 11.1. The molecule has 0 aromatic carbocycles. The minimum atomic E-state index is -1.10. The van der Waals surface area contributed by atoms with Gasteiger partial charge in [-0.25, -0.2) is 14.8 Å². The van der Waals surface area contributed by atoms with Crippen molar-refractivity contribution in [2.45, 2.75) is 31.6 Å². The maximum atomic E-state index is 11.1. The van der Waals surface area contributed by atoms with Gasteiger partial charge in [-0.3, -0.25) is 0 Å². The van der Waals surface area contributed by atoms with Crippen LogP contribution in [0.5, 0.6) is 0 Å². The molecular weight excluding hydrogens is 230 g/mol. The number of aromatic carboxylic acids is 1. The summed E-state index contributed by atoms with van der Waals surface area (Å²) in [5.74, 6) is -1.04. The lowest BCUT2D eigenvalue weighted by Crippen LogP contribution is -2.12. The SMILES string of the molecule is Nc1nc(Cl)c(C2CCCC2)c(C(=O)O)n1. The number of carboxylic acid groups (broad SMARTS) is 1. The number of nitrogen functional groups attached to an aromatic ring is 1. The van der Waals surface area contributed by atoms with Crippen LogP contribution < -0.4 is 5.73 Å². The number of carbonyl (C=O) groups is 1. The zero-order valence-corrected chi connectivity index (χ0v) is 9.37. The predicted octanol–water partition coefficient (Wildman–Crippen LogP) is 2.07. The lowest BCUT2D eigenvalue weighted by Gasteiger charge is -2.13. The van der Waals surface area contributed by atoms with Gasteiger partial charge < -0.3 is 10.8 Å². The first-order chi connectivity index (χ1) is 7.59. The first kappa shape index (κ1) is 11.1. The first-order valence-electron chi connectivity index (χ1n) is 5.15. The summed E-state index contributed by atoms with van der Waals surface area (Å²) in [6.45, 7) is 0. The molecule has 1 aliphatic carbocycles. The number of rotatable bonds is 2. The van der Waals surface area contributed by atoms with E-state index in [0.29, 0.717) is 5.56 Å². The smallest absolute Gasteiger partial charge is 0.355 e. The van der Waals surface area contributed by atoms with Crippen LogP contribution in [-0.2, 0) is 0 Å². The molecule has 0 atom stereocenters. The van der Waals surface area contributed by atoms with Crippen molar-refractivity contribution in [1.29, 1.82) is 0 Å². The van der Waals surface area contributed by atoms with Gasteiger partial charge in [-0.05, 0) is 18.8 Å². The molecule has 0 bridgehead atoms. The van der Waals surface area contributed by atoms with E-state index in [1.807, 2.05) is 0 Å². The Hall–Kier alpha value is -1.36. The van der Waals surface area contributed by atoms with Gasteiger partial charge in [-0.1, -0.05) is 24.4 Å². The number of aromatic nitrogens is 2. The number of anilines is 1. The number of hydrogen-bond donors (Lipinski definition) is 2. The standard InChI is InChI=1S/C10H12ClN3O2/c11-8-6(5-3-1-2-4-5)7(9(15)16)13-10(12)14-8/h5H,1-4H2,(H,15,16)(H2,12,13,14). The van der Waals surface area contributed by atoms with Crippen molar-refractivity contribution in [2.24, 2.45) is 0 Å². The van der Waals surface area contributed by atoms with Gasteiger partial charge in [0.25, 0.3) is 0 Å². The van der Waals surface area contributed by atoms with Crippen molar-refractivity contribution in [1.82, 2.24) is 9.97 Å². The Balaban J connectivity index is 2.52. The van der Waals surface area contributed by atoms with Crippen LogP contribution in [-0.4, -0.2) is 21.0 Å². The molecule has 1 saturated carbocycles. The monoisotopic (exact) mass is 241 g/mol. The summed E-state index contributed by atoms with van der Waals surface area (Å²) in [5.41, 5.74) is 5.89. The summed E-state index contributed by atoms with van der Waals surface area (Å²) in [6, 6.07) is 0. The lowest BCUT2D eigenvalue weighted by atomic mass is 9.97. The van der Waals surface area contributed by atoms with Crippen LogP contribution in [0.2, 0.25) is 5.15 Å². The lowest BCUT2D eigenvalue weighted by molar-refractivity contribution is 0.0688. The summed E-state index contributed by atoms with van der Waals surface area (Å²) >= 11 is 5.96. The molecule has 2 rings (SSSR count). The Morgan fingerprint density at radius 1 is 1.38 bits per heavy atom. The summed E-state index contributed by atoms with van der Waals surface area (Å²) < 4.78 is 0. The van der Waals surface area contributed by atoms with Crippen molar-refractivity contribution < 1.29 is 9.90 Å². The molecule has 0 aliphatic heterocycles. The summed E-state index contributed by atoms with van der Waals surface area (Å²) in [7, 11) is 0. The Labute approximate surface area is 97.7 Å². The molecule has 1 aromatic rings. The van der Waals surface area contributed by atoms with E-state index in [2.05, 4.69) is 9.97 Å². The van der Waals surface area contributed by atoms with Crippen LogP contribution in [0.25, 0.3) is 0 Å². The van der Waals surface area contributed by atoms with Gasteiger partial charge in [-0.15, -0.1) is 0 Å². The zero-order valence-electron chi connectivity index (χ0n) is 8.61. The van der Waals surface area contributed by atoms with E-state index >= 15 is 0 Å². The topological polar surface area (TPSA) is 89.1 Å². The predicted molar refractivity (Wildman–Crippen MR) is 59.6 cm³/mol. The highest BCUT2D eigenvalue weighted by Gasteiger charge is 2.27. The fraction of sp³-hybridized carbons (Fsp3) is 0.500. The molecule has 1 fully saturated rings. The van der Waals surface area contributed by atoms with Gasteiger partial charge in [0.05, 0.1) is 0 Å². The van der Waals surface area contributed by atoms with Crippen molar-refractivity contribution in [3.05, 3.63) is 16.4 Å². The highest BCUT2D eigenvalue weighted by molar-refractivity contribution is 6.30. The Bertz CT molecular complexity index is 430. The molecule has 0 unspecified atom stereocenters. The minimum absolute atomic E-state index is 0.0515. The molecule has 0 saturated heterocycles. The van der Waals surface area contributed by atoms with Crippen molar-refractivity contribution in [3.63, 3.8) is 0 Å². The molecule has 6 heteroatoms. The number of carboxylic acids is 1. The highest BCUT2D eigenvalue weighted by Crippen LogP contribution is 2.38. The van der Waals surface area contributed by atoms with E-state index in [-0.39, 0.29) is 22.7 Å². The quantitative estimate of drug-likeness (QED) is 0.774. The second-order valence-electron chi connectivity index (χ2n) is 3.92. The first-order valence-corrected chi connectivity index (χ1v) is 5.53. The van der Waals surface area contributed by atoms with Gasteiger partial charge >= 0.3 is 5.97 Å². The van der Waals surface area contributed by atoms with E-state index in [9.17, 15) is 4.79 Å². The third-order valence-corrected chi connectivity index (χ3v) is 3.17. The molecule has 16 heavy (non-hydrogen) atoms. The highest BCUT2D eigenvalue weighted by atomic mass is 35.5. The summed E-state index contributed by atoms with van der Waals surface area (Å²) in [6.07, 6.45) is 4.05. The van der Waals surface area contributed by atoms with E-state index in [1.54, 1.807) is 0 Å². The number of halogens is 1. The van der Waals surface area contributed by atoms with Crippen molar-refractivity contribution in [2.75, 3.05) is 5.73 Å². The molecular formula is C10H12ClN3O2. The van der Waals surface area contributed by atoms with Crippen LogP contribution in [0.1, 0.15) is 47.7 Å². The normalized spacial score (nSPS) is 16.6. The fourth-order valence-corrected chi connectivity index (χ4v) is 2.53. The van der Waals surface area contributed by atoms with Crippen LogP contribution in [0.4, 0.5) is 5.95 Å². The van der Waals surface area contributed by atoms with Gasteiger partial charge in [0.2, 0.25) is 5.95 Å². The van der Waals surface area contributed by atoms with Gasteiger partial charge in [0.15, 0.2) is 5.69 Å². The van der Waals surface area contributed by atoms with Gasteiger partial charge in [0.1, 0.15) is 5.15 Å². The van der Waals surface area contributed by atoms with Crippen LogP contribution >= 0.6 is 11.6 Å². The third-order valence-electron chi connectivity index (χ3n) is 2.88. The van der Waals surface area contributed by atoms with Gasteiger partial charge in [-0.2, -0.15) is 0 Å². The molecule has 3 N–H and O–H groups in total. The minimum Gasteiger partial charge on any atom is -0.476 e. The van der Waals surface area contributed by atoms with Crippen LogP contribution in [0.15, 0.2) is 0 Å². The molecule has 86 valence electrons. The van der Waals surface area contributed by atoms with E-state index in [0.717, 1.165) is 25.7 Å². The number of hydrogen-bond acceptors (Lipinski definition) is 4. The van der Waals surface area contributed by atoms with Crippen LogP contribution in [0, 0.1) is 0 Å². The Morgan fingerprint density at radius 3 is 2.56 bits per heavy atom. The van der Waals surface area contributed by atoms with Crippen LogP contribution in [0.3, 0.4) is 0 Å². The van der Waals surface area contributed by atoms with Crippen molar-refractivity contribution >= 4 is 23.5 Å². The van der Waals surface area contributed by atoms with E-state index in [1.165, 1.54) is 0 Å². The number of nitrogens with two attached hydrogens (primary N) is 1. The average molecular weight is 242 g/mol. The van der Waals surface area contributed by atoms with Gasteiger partial charge in [0, 0.05) is 5.56 Å². The molecule has 1 heterocycles. The Morgan fingerprint density at radius 2 is 2.00 bits per heavy atom. The zero-order chi connectivity index (χ0) is 11.7. The molecule has 0 amide bonds. The Kier molecular flexibility index (Phi) is 2.96. The summed E-state index contributed by atoms with van der Waals surface area (Å²) in [4.78, 5) is 18.7. The molecule has 0 spiro atoms. The largest absolute Gasteiger partial charge is 0.476 e. The number of nitrogens with zero attached hydrogens (tertiary/aromatic N) is 2. The molecule has 1 aliphatic rings. The molecule has 0 radical (unpaired) electrons. The average Bonchev–Trinajstić information content (AvgIpc) is 2.69. The fourth-order valence-electron chi connectivity index (χ4n) is 2.20. The van der Waals surface area contributed by atoms with E-state index < -0.39 is 5.97 Å². The third kappa shape index (κ3) is 1.95.